The predicted octanol–water partition coefficient (Wildman–Crippen LogP) is 2.58. The Bertz CT molecular complexity index is 477. The van der Waals surface area contributed by atoms with Crippen molar-refractivity contribution in [1.82, 2.24) is 15.3 Å². The zero-order valence-electron chi connectivity index (χ0n) is 10.1. The first-order valence-corrected chi connectivity index (χ1v) is 5.84. The van der Waals surface area contributed by atoms with Crippen LogP contribution in [0.3, 0.4) is 0 Å². The maximum Gasteiger partial charge on any atom is 0.130 e. The molecule has 0 saturated carbocycles. The minimum Gasteiger partial charge on any atom is -0.349 e. The van der Waals surface area contributed by atoms with Crippen molar-refractivity contribution in [3.63, 3.8) is 0 Å². The fourth-order valence-corrected chi connectivity index (χ4v) is 1.87. The standard InChI is InChI=1S/C13H15F2N3/c1-9(13-10(14)3-2-4-11(13)15)16-6-5-12-17-7-8-18-12/h2-4,7-9,16H,5-6H2,1H3,(H,17,18). The summed E-state index contributed by atoms with van der Waals surface area (Å²) in [5, 5.41) is 3.08. The highest BCUT2D eigenvalue weighted by Gasteiger charge is 2.15. The summed E-state index contributed by atoms with van der Waals surface area (Å²) < 4.78 is 27.0. The maximum atomic E-state index is 13.5. The number of halogens is 2. The van der Waals surface area contributed by atoms with E-state index in [4.69, 9.17) is 0 Å². The number of imidazole rings is 1. The Morgan fingerprint density at radius 2 is 2.06 bits per heavy atom. The number of rotatable bonds is 5. The van der Waals surface area contributed by atoms with Crippen molar-refractivity contribution in [2.24, 2.45) is 0 Å². The van der Waals surface area contributed by atoms with Crippen molar-refractivity contribution in [1.29, 1.82) is 0 Å². The average molecular weight is 251 g/mol. The van der Waals surface area contributed by atoms with Gasteiger partial charge in [0.05, 0.1) is 0 Å². The van der Waals surface area contributed by atoms with E-state index >= 15 is 0 Å². The highest BCUT2D eigenvalue weighted by Crippen LogP contribution is 2.19. The number of nitrogens with zero attached hydrogens (tertiary/aromatic N) is 1. The van der Waals surface area contributed by atoms with Gasteiger partial charge >= 0.3 is 0 Å². The Kier molecular flexibility index (Phi) is 4.04. The van der Waals surface area contributed by atoms with Crippen molar-refractivity contribution in [2.75, 3.05) is 6.54 Å². The molecular formula is C13H15F2N3. The number of aromatic nitrogens is 2. The van der Waals surface area contributed by atoms with Gasteiger partial charge in [0.1, 0.15) is 17.5 Å². The Balaban J connectivity index is 1.93. The van der Waals surface area contributed by atoms with E-state index in [0.717, 1.165) is 5.82 Å². The first-order valence-electron chi connectivity index (χ1n) is 5.84. The van der Waals surface area contributed by atoms with Gasteiger partial charge in [-0.15, -0.1) is 0 Å². The topological polar surface area (TPSA) is 40.7 Å². The number of benzene rings is 1. The zero-order chi connectivity index (χ0) is 13.0. The molecule has 1 atom stereocenters. The molecule has 1 unspecified atom stereocenters. The van der Waals surface area contributed by atoms with Gasteiger partial charge in [-0.25, -0.2) is 13.8 Å². The fourth-order valence-electron chi connectivity index (χ4n) is 1.87. The molecule has 2 rings (SSSR count). The van der Waals surface area contributed by atoms with Crippen LogP contribution in [0, 0.1) is 11.6 Å². The first kappa shape index (κ1) is 12.7. The number of H-pyrrole nitrogens is 1. The third-order valence-electron chi connectivity index (χ3n) is 2.80. The molecule has 0 bridgehead atoms. The molecule has 0 aliphatic rings. The Morgan fingerprint density at radius 1 is 1.33 bits per heavy atom. The highest BCUT2D eigenvalue weighted by atomic mass is 19.1. The van der Waals surface area contributed by atoms with Gasteiger partial charge in [-0.05, 0) is 19.1 Å². The number of nitrogens with one attached hydrogen (secondary N) is 2. The van der Waals surface area contributed by atoms with Crippen molar-refractivity contribution >= 4 is 0 Å². The van der Waals surface area contributed by atoms with Crippen molar-refractivity contribution in [3.8, 4) is 0 Å². The van der Waals surface area contributed by atoms with Crippen LogP contribution in [0.2, 0.25) is 0 Å². The second-order valence-corrected chi connectivity index (χ2v) is 4.10. The van der Waals surface area contributed by atoms with Crippen molar-refractivity contribution in [3.05, 3.63) is 53.6 Å². The predicted molar refractivity (Wildman–Crippen MR) is 65.1 cm³/mol. The molecule has 2 aromatic rings. The molecule has 0 aliphatic heterocycles. The molecule has 0 aliphatic carbocycles. The summed E-state index contributed by atoms with van der Waals surface area (Å²) in [5.41, 5.74) is 0.0805. The molecule has 5 heteroatoms. The summed E-state index contributed by atoms with van der Waals surface area (Å²) in [5.74, 6) is -0.190. The molecule has 2 N–H and O–H groups in total. The van der Waals surface area contributed by atoms with Crippen LogP contribution in [0.4, 0.5) is 8.78 Å². The molecule has 0 amide bonds. The van der Waals surface area contributed by atoms with E-state index in [1.165, 1.54) is 18.2 Å². The van der Waals surface area contributed by atoms with Gasteiger partial charge in [0, 0.05) is 37.0 Å². The van der Waals surface area contributed by atoms with Crippen LogP contribution in [0.15, 0.2) is 30.6 Å². The van der Waals surface area contributed by atoms with Crippen molar-refractivity contribution in [2.45, 2.75) is 19.4 Å². The molecule has 1 aromatic carbocycles. The van der Waals surface area contributed by atoms with Crippen LogP contribution in [0.1, 0.15) is 24.4 Å². The van der Waals surface area contributed by atoms with E-state index < -0.39 is 11.6 Å². The molecule has 18 heavy (non-hydrogen) atoms. The normalized spacial score (nSPS) is 12.6. The van der Waals surface area contributed by atoms with E-state index in [1.54, 1.807) is 19.3 Å². The Hall–Kier alpha value is -1.75. The molecule has 96 valence electrons. The van der Waals surface area contributed by atoms with Crippen LogP contribution >= 0.6 is 0 Å². The summed E-state index contributed by atoms with van der Waals surface area (Å²) in [6.07, 6.45) is 4.11. The minimum absolute atomic E-state index is 0.0805. The largest absolute Gasteiger partial charge is 0.349 e. The number of hydrogen-bond acceptors (Lipinski definition) is 2. The van der Waals surface area contributed by atoms with Gasteiger partial charge in [0.2, 0.25) is 0 Å². The molecule has 1 aromatic heterocycles. The van der Waals surface area contributed by atoms with E-state index in [1.807, 2.05) is 0 Å². The van der Waals surface area contributed by atoms with Gasteiger partial charge in [0.15, 0.2) is 0 Å². The van der Waals surface area contributed by atoms with Gasteiger partial charge in [0.25, 0.3) is 0 Å². The van der Waals surface area contributed by atoms with E-state index in [2.05, 4.69) is 15.3 Å². The summed E-state index contributed by atoms with van der Waals surface area (Å²) in [7, 11) is 0. The number of aromatic amines is 1. The lowest BCUT2D eigenvalue weighted by atomic mass is 10.1. The fraction of sp³-hybridized carbons (Fsp3) is 0.308. The second-order valence-electron chi connectivity index (χ2n) is 4.10. The van der Waals surface area contributed by atoms with Crippen molar-refractivity contribution < 1.29 is 8.78 Å². The monoisotopic (exact) mass is 251 g/mol. The molecular weight excluding hydrogens is 236 g/mol. The third-order valence-corrected chi connectivity index (χ3v) is 2.80. The summed E-state index contributed by atoms with van der Waals surface area (Å²) in [4.78, 5) is 7.05. The molecule has 0 radical (unpaired) electrons. The zero-order valence-corrected chi connectivity index (χ0v) is 10.1. The lowest BCUT2D eigenvalue weighted by Gasteiger charge is -2.15. The second kappa shape index (κ2) is 5.73. The first-order chi connectivity index (χ1) is 8.68. The van der Waals surface area contributed by atoms with E-state index in [9.17, 15) is 8.78 Å². The smallest absolute Gasteiger partial charge is 0.130 e. The lowest BCUT2D eigenvalue weighted by molar-refractivity contribution is 0.488. The highest BCUT2D eigenvalue weighted by molar-refractivity contribution is 5.22. The summed E-state index contributed by atoms with van der Waals surface area (Å²) >= 11 is 0. The Morgan fingerprint density at radius 3 is 2.67 bits per heavy atom. The molecule has 1 heterocycles. The molecule has 0 spiro atoms. The summed E-state index contributed by atoms with van der Waals surface area (Å²) in [6.45, 7) is 2.34. The quantitative estimate of drug-likeness (QED) is 0.857. The average Bonchev–Trinajstić information content (AvgIpc) is 2.82. The van der Waals surface area contributed by atoms with Gasteiger partial charge in [-0.2, -0.15) is 0 Å². The maximum absolute atomic E-state index is 13.5. The molecule has 3 nitrogen and oxygen atoms in total. The van der Waals surface area contributed by atoms with E-state index in [-0.39, 0.29) is 11.6 Å². The van der Waals surface area contributed by atoms with Crippen LogP contribution in [-0.4, -0.2) is 16.5 Å². The van der Waals surface area contributed by atoms with Crippen LogP contribution in [-0.2, 0) is 6.42 Å². The lowest BCUT2D eigenvalue weighted by Crippen LogP contribution is -2.23. The molecule has 0 saturated heterocycles. The third kappa shape index (κ3) is 2.92. The van der Waals surface area contributed by atoms with Gasteiger partial charge in [-0.3, -0.25) is 0 Å². The van der Waals surface area contributed by atoms with Crippen LogP contribution in [0.25, 0.3) is 0 Å². The summed E-state index contributed by atoms with van der Waals surface area (Å²) in [6, 6.07) is 3.52. The Labute approximate surface area is 104 Å². The SMILES string of the molecule is CC(NCCc1ncc[nH]1)c1c(F)cccc1F. The number of hydrogen-bond donors (Lipinski definition) is 2. The van der Waals surface area contributed by atoms with Gasteiger partial charge < -0.3 is 10.3 Å². The molecule has 0 fully saturated rings. The van der Waals surface area contributed by atoms with E-state index in [0.29, 0.717) is 13.0 Å². The minimum atomic E-state index is -0.520. The van der Waals surface area contributed by atoms with Crippen LogP contribution in [0.5, 0.6) is 0 Å². The van der Waals surface area contributed by atoms with Crippen LogP contribution < -0.4 is 5.32 Å². The van der Waals surface area contributed by atoms with Gasteiger partial charge in [-0.1, -0.05) is 6.07 Å².